The molecule has 2 nitrogen and oxygen atoms in total. The maximum Gasteiger partial charge on any atom is 0.219 e. The number of unbranched alkanes of at least 4 members (excludes halogenated alkanes) is 17. The van der Waals surface area contributed by atoms with Crippen LogP contribution in [-0.2, 0) is 4.79 Å². The van der Waals surface area contributed by atoms with Gasteiger partial charge in [-0.15, -0.1) is 0 Å². The fourth-order valence-electron chi connectivity index (χ4n) is 3.57. The number of nitrogens with one attached hydrogen (secondary N) is 1. The maximum atomic E-state index is 11.3. The normalized spacial score (nSPS) is 11.0. The molecule has 0 aromatic heterocycles. The molecule has 0 saturated carbocycles. The largest absolute Gasteiger partial charge is 0.356 e. The van der Waals surface area contributed by atoms with Crippen molar-refractivity contribution in [3.05, 3.63) is 0 Å². The van der Waals surface area contributed by atoms with Crippen molar-refractivity contribution in [2.45, 2.75) is 142 Å². The molecule has 0 aliphatic rings. The van der Waals surface area contributed by atoms with Gasteiger partial charge in [-0.3, -0.25) is 4.79 Å². The van der Waals surface area contributed by atoms with Gasteiger partial charge in [0, 0.05) is 13.0 Å². The van der Waals surface area contributed by atoms with Crippen molar-refractivity contribution >= 4 is 5.91 Å². The van der Waals surface area contributed by atoms with Crippen LogP contribution in [0.2, 0.25) is 0 Å². The van der Waals surface area contributed by atoms with Gasteiger partial charge in [-0.2, -0.15) is 0 Å². The van der Waals surface area contributed by atoms with E-state index in [-0.39, 0.29) is 5.91 Å². The number of hydrogen-bond donors (Lipinski definition) is 1. The van der Waals surface area contributed by atoms with Crippen molar-refractivity contribution in [1.82, 2.24) is 5.32 Å². The molecule has 0 atom stereocenters. The molecular weight excluding hydrogens is 318 g/mol. The van der Waals surface area contributed by atoms with Gasteiger partial charge in [0.25, 0.3) is 0 Å². The van der Waals surface area contributed by atoms with Crippen LogP contribution in [0.3, 0.4) is 0 Å². The van der Waals surface area contributed by atoms with E-state index in [0.717, 1.165) is 19.4 Å². The standard InChI is InChI=1S/C24H49NO/c1-3-5-6-7-8-9-10-11-12-13-14-15-16-17-18-19-20-21-23-25-24(26)22-4-2/h3-23H2,1-2H3,(H,25,26). The lowest BCUT2D eigenvalue weighted by atomic mass is 10.0. The minimum absolute atomic E-state index is 0.222. The van der Waals surface area contributed by atoms with Gasteiger partial charge in [0.05, 0.1) is 0 Å². The molecule has 0 rings (SSSR count). The van der Waals surface area contributed by atoms with E-state index >= 15 is 0 Å². The molecule has 2 heteroatoms. The first-order valence-corrected chi connectivity index (χ1v) is 12.1. The van der Waals surface area contributed by atoms with E-state index in [1.807, 2.05) is 0 Å². The highest BCUT2D eigenvalue weighted by Crippen LogP contribution is 2.14. The molecule has 0 fully saturated rings. The number of hydrogen-bond acceptors (Lipinski definition) is 1. The summed E-state index contributed by atoms with van der Waals surface area (Å²) in [5, 5.41) is 3.00. The van der Waals surface area contributed by atoms with E-state index in [4.69, 9.17) is 0 Å². The predicted molar refractivity (Wildman–Crippen MR) is 117 cm³/mol. The molecule has 0 unspecified atom stereocenters. The fraction of sp³-hybridized carbons (Fsp3) is 0.958. The first-order chi connectivity index (χ1) is 12.8. The van der Waals surface area contributed by atoms with Crippen molar-refractivity contribution in [3.63, 3.8) is 0 Å². The average Bonchev–Trinajstić information content (AvgIpc) is 2.64. The number of rotatable bonds is 21. The Labute approximate surface area is 165 Å². The van der Waals surface area contributed by atoms with Gasteiger partial charge in [-0.25, -0.2) is 0 Å². The van der Waals surface area contributed by atoms with E-state index in [9.17, 15) is 4.79 Å². The van der Waals surface area contributed by atoms with Gasteiger partial charge in [0.15, 0.2) is 0 Å². The third-order valence-corrected chi connectivity index (χ3v) is 5.33. The molecule has 0 saturated heterocycles. The summed E-state index contributed by atoms with van der Waals surface area (Å²) < 4.78 is 0. The van der Waals surface area contributed by atoms with Gasteiger partial charge in [-0.05, 0) is 12.8 Å². The Balaban J connectivity index is 3.02. The topological polar surface area (TPSA) is 29.1 Å². The summed E-state index contributed by atoms with van der Waals surface area (Å²) in [6.45, 7) is 5.21. The van der Waals surface area contributed by atoms with Crippen molar-refractivity contribution in [3.8, 4) is 0 Å². The summed E-state index contributed by atoms with van der Waals surface area (Å²) in [5.41, 5.74) is 0. The molecule has 156 valence electrons. The quantitative estimate of drug-likeness (QED) is 0.205. The van der Waals surface area contributed by atoms with Crippen LogP contribution >= 0.6 is 0 Å². The van der Waals surface area contributed by atoms with Gasteiger partial charge in [-0.1, -0.05) is 123 Å². The van der Waals surface area contributed by atoms with Crippen LogP contribution in [-0.4, -0.2) is 12.5 Å². The lowest BCUT2D eigenvalue weighted by molar-refractivity contribution is -0.121. The highest BCUT2D eigenvalue weighted by Gasteiger charge is 1.98. The van der Waals surface area contributed by atoms with E-state index in [0.29, 0.717) is 6.42 Å². The Kier molecular flexibility index (Phi) is 22.1. The van der Waals surface area contributed by atoms with Crippen molar-refractivity contribution in [2.24, 2.45) is 0 Å². The fourth-order valence-corrected chi connectivity index (χ4v) is 3.57. The first kappa shape index (κ1) is 25.5. The summed E-state index contributed by atoms with van der Waals surface area (Å²) in [6.07, 6.45) is 26.9. The molecule has 0 spiro atoms. The zero-order chi connectivity index (χ0) is 19.1. The molecule has 0 aromatic carbocycles. The summed E-state index contributed by atoms with van der Waals surface area (Å²) in [6, 6.07) is 0. The summed E-state index contributed by atoms with van der Waals surface area (Å²) >= 11 is 0. The Morgan fingerprint density at radius 2 is 0.846 bits per heavy atom. The first-order valence-electron chi connectivity index (χ1n) is 12.1. The van der Waals surface area contributed by atoms with Gasteiger partial charge >= 0.3 is 0 Å². The SMILES string of the molecule is CCCCCCCCCCCCCCCCCCCCNC(=O)CCC. The van der Waals surface area contributed by atoms with E-state index in [1.165, 1.54) is 109 Å². The van der Waals surface area contributed by atoms with E-state index in [2.05, 4.69) is 19.2 Å². The molecule has 0 aliphatic heterocycles. The van der Waals surface area contributed by atoms with Crippen LogP contribution in [0.1, 0.15) is 142 Å². The number of amides is 1. The molecule has 0 bridgehead atoms. The molecule has 26 heavy (non-hydrogen) atoms. The summed E-state index contributed by atoms with van der Waals surface area (Å²) in [4.78, 5) is 11.3. The second-order valence-electron chi connectivity index (χ2n) is 8.11. The average molecular weight is 368 g/mol. The molecule has 0 aliphatic carbocycles. The lowest BCUT2D eigenvalue weighted by Gasteiger charge is -2.05. The molecule has 0 radical (unpaired) electrons. The second kappa shape index (κ2) is 22.5. The Hall–Kier alpha value is -0.530. The molecule has 1 N–H and O–H groups in total. The second-order valence-corrected chi connectivity index (χ2v) is 8.11. The maximum absolute atomic E-state index is 11.3. The third-order valence-electron chi connectivity index (χ3n) is 5.33. The molecule has 0 heterocycles. The van der Waals surface area contributed by atoms with Crippen LogP contribution in [0.4, 0.5) is 0 Å². The Morgan fingerprint density at radius 1 is 0.500 bits per heavy atom. The van der Waals surface area contributed by atoms with E-state index in [1.54, 1.807) is 0 Å². The van der Waals surface area contributed by atoms with Crippen molar-refractivity contribution in [2.75, 3.05) is 6.54 Å². The smallest absolute Gasteiger partial charge is 0.219 e. The van der Waals surface area contributed by atoms with Gasteiger partial charge in [0.1, 0.15) is 0 Å². The Bertz CT molecular complexity index is 277. The molecule has 0 aromatic rings. The minimum Gasteiger partial charge on any atom is -0.356 e. The van der Waals surface area contributed by atoms with Gasteiger partial charge in [0.2, 0.25) is 5.91 Å². The monoisotopic (exact) mass is 367 g/mol. The Morgan fingerprint density at radius 3 is 1.19 bits per heavy atom. The van der Waals surface area contributed by atoms with Crippen LogP contribution in [0.15, 0.2) is 0 Å². The van der Waals surface area contributed by atoms with Crippen LogP contribution in [0, 0.1) is 0 Å². The highest BCUT2D eigenvalue weighted by atomic mass is 16.1. The van der Waals surface area contributed by atoms with Crippen molar-refractivity contribution in [1.29, 1.82) is 0 Å². The molecule has 1 amide bonds. The van der Waals surface area contributed by atoms with Crippen LogP contribution < -0.4 is 5.32 Å². The zero-order valence-electron chi connectivity index (χ0n) is 18.3. The number of carbonyl (C=O) groups is 1. The third kappa shape index (κ3) is 21.5. The highest BCUT2D eigenvalue weighted by molar-refractivity contribution is 5.75. The predicted octanol–water partition coefficient (Wildman–Crippen LogP) is 7.94. The summed E-state index contributed by atoms with van der Waals surface area (Å²) in [5.74, 6) is 0.222. The van der Waals surface area contributed by atoms with Crippen molar-refractivity contribution < 1.29 is 4.79 Å². The van der Waals surface area contributed by atoms with Crippen LogP contribution in [0.25, 0.3) is 0 Å². The van der Waals surface area contributed by atoms with Crippen LogP contribution in [0.5, 0.6) is 0 Å². The lowest BCUT2D eigenvalue weighted by Crippen LogP contribution is -2.23. The van der Waals surface area contributed by atoms with Gasteiger partial charge < -0.3 is 5.32 Å². The number of carbonyl (C=O) groups excluding carboxylic acids is 1. The molecular formula is C24H49NO. The van der Waals surface area contributed by atoms with E-state index < -0.39 is 0 Å². The summed E-state index contributed by atoms with van der Waals surface area (Å²) in [7, 11) is 0. The zero-order valence-corrected chi connectivity index (χ0v) is 18.3. The minimum atomic E-state index is 0.222.